The van der Waals surface area contributed by atoms with Gasteiger partial charge in [0.05, 0.1) is 6.10 Å². The van der Waals surface area contributed by atoms with Gasteiger partial charge in [0.25, 0.3) is 0 Å². The summed E-state index contributed by atoms with van der Waals surface area (Å²) in [6.45, 7) is 5.91. The third kappa shape index (κ3) is 2.07. The lowest BCUT2D eigenvalue weighted by atomic mass is 9.96. The summed E-state index contributed by atoms with van der Waals surface area (Å²) in [5.74, 6) is 1.37. The molecule has 18 heavy (non-hydrogen) atoms. The van der Waals surface area contributed by atoms with Crippen molar-refractivity contribution >= 4 is 12.4 Å². The van der Waals surface area contributed by atoms with Crippen LogP contribution in [-0.4, -0.2) is 31.6 Å². The van der Waals surface area contributed by atoms with E-state index in [1.807, 2.05) is 7.11 Å². The molecule has 3 rings (SSSR count). The van der Waals surface area contributed by atoms with Crippen LogP contribution in [0.3, 0.4) is 0 Å². The zero-order valence-electron chi connectivity index (χ0n) is 11.1. The zero-order chi connectivity index (χ0) is 11.8. The number of hydrogen-bond donors (Lipinski definition) is 0. The van der Waals surface area contributed by atoms with Crippen LogP contribution < -0.4 is 0 Å². The van der Waals surface area contributed by atoms with Crippen molar-refractivity contribution in [1.29, 1.82) is 0 Å². The first-order chi connectivity index (χ1) is 8.35. The van der Waals surface area contributed by atoms with Crippen LogP contribution in [0.2, 0.25) is 0 Å². The maximum Gasteiger partial charge on any atom is 0.0870 e. The van der Waals surface area contributed by atoms with E-state index >= 15 is 0 Å². The van der Waals surface area contributed by atoms with Crippen molar-refractivity contribution < 1.29 is 4.74 Å². The maximum absolute atomic E-state index is 5.75. The largest absolute Gasteiger partial charge is 0.376 e. The van der Waals surface area contributed by atoms with Crippen molar-refractivity contribution in [1.82, 2.24) is 4.90 Å². The van der Waals surface area contributed by atoms with Crippen LogP contribution in [0.4, 0.5) is 0 Å². The first kappa shape index (κ1) is 13.9. The standard InChI is InChI=1S/C15H21NO.ClH/c1-3-8-16-9-13-11-6-4-5-7-12(11)15(17-2)14(13)10-16;/h4-7,13-15H,3,8-10H2,1-2H3;1H. The highest BCUT2D eigenvalue weighted by molar-refractivity contribution is 5.85. The van der Waals surface area contributed by atoms with Gasteiger partial charge in [-0.15, -0.1) is 12.4 Å². The molecule has 0 spiro atoms. The number of fused-ring (bicyclic) bond motifs is 3. The average Bonchev–Trinajstić information content (AvgIpc) is 2.86. The summed E-state index contributed by atoms with van der Waals surface area (Å²) < 4.78 is 5.75. The monoisotopic (exact) mass is 267 g/mol. The molecular weight excluding hydrogens is 246 g/mol. The van der Waals surface area contributed by atoms with Crippen LogP contribution in [0.5, 0.6) is 0 Å². The minimum Gasteiger partial charge on any atom is -0.376 e. The molecule has 1 aliphatic carbocycles. The van der Waals surface area contributed by atoms with Crippen LogP contribution in [0, 0.1) is 5.92 Å². The molecule has 3 atom stereocenters. The molecule has 0 saturated carbocycles. The lowest BCUT2D eigenvalue weighted by Crippen LogP contribution is -2.23. The van der Waals surface area contributed by atoms with Crippen molar-refractivity contribution in [2.24, 2.45) is 5.92 Å². The van der Waals surface area contributed by atoms with E-state index in [9.17, 15) is 0 Å². The van der Waals surface area contributed by atoms with Crippen molar-refractivity contribution in [2.45, 2.75) is 25.4 Å². The topological polar surface area (TPSA) is 12.5 Å². The van der Waals surface area contributed by atoms with Crippen molar-refractivity contribution in [2.75, 3.05) is 26.7 Å². The Hall–Kier alpha value is -0.570. The molecule has 0 N–H and O–H groups in total. The van der Waals surface area contributed by atoms with Gasteiger partial charge < -0.3 is 9.64 Å². The lowest BCUT2D eigenvalue weighted by molar-refractivity contribution is 0.0603. The second-order valence-corrected chi connectivity index (χ2v) is 5.32. The van der Waals surface area contributed by atoms with Gasteiger partial charge in [-0.3, -0.25) is 0 Å². The third-order valence-electron chi connectivity index (χ3n) is 4.33. The number of methoxy groups -OCH3 is 1. The van der Waals surface area contributed by atoms with E-state index in [1.54, 1.807) is 0 Å². The highest BCUT2D eigenvalue weighted by Crippen LogP contribution is 2.50. The molecule has 1 aliphatic heterocycles. The Morgan fingerprint density at radius 3 is 2.61 bits per heavy atom. The molecule has 0 aromatic heterocycles. The number of ether oxygens (including phenoxy) is 1. The summed E-state index contributed by atoms with van der Waals surface area (Å²) >= 11 is 0. The summed E-state index contributed by atoms with van der Waals surface area (Å²) in [4.78, 5) is 2.59. The van der Waals surface area contributed by atoms with Gasteiger partial charge in [0, 0.05) is 32.0 Å². The van der Waals surface area contributed by atoms with Crippen molar-refractivity contribution in [3.8, 4) is 0 Å². The second-order valence-electron chi connectivity index (χ2n) is 5.32. The van der Waals surface area contributed by atoms with Crippen molar-refractivity contribution in [3.63, 3.8) is 0 Å². The van der Waals surface area contributed by atoms with Gasteiger partial charge in [0.1, 0.15) is 0 Å². The van der Waals surface area contributed by atoms with Crippen LogP contribution in [0.25, 0.3) is 0 Å². The zero-order valence-corrected chi connectivity index (χ0v) is 12.0. The van der Waals surface area contributed by atoms with Crippen LogP contribution in [0.1, 0.15) is 36.5 Å². The fourth-order valence-electron chi connectivity index (χ4n) is 3.69. The Morgan fingerprint density at radius 2 is 1.94 bits per heavy atom. The van der Waals surface area contributed by atoms with E-state index in [4.69, 9.17) is 4.74 Å². The van der Waals surface area contributed by atoms with Gasteiger partial charge in [-0.05, 0) is 24.1 Å². The van der Waals surface area contributed by atoms with E-state index in [-0.39, 0.29) is 12.4 Å². The predicted molar refractivity (Wildman–Crippen MR) is 76.4 cm³/mol. The maximum atomic E-state index is 5.75. The van der Waals surface area contributed by atoms with Crippen molar-refractivity contribution in [3.05, 3.63) is 35.4 Å². The third-order valence-corrected chi connectivity index (χ3v) is 4.33. The van der Waals surface area contributed by atoms with Crippen LogP contribution in [0.15, 0.2) is 24.3 Å². The molecule has 2 aliphatic rings. The molecule has 1 aromatic carbocycles. The predicted octanol–water partition coefficient (Wildman–Crippen LogP) is 3.23. The first-order valence-corrected chi connectivity index (χ1v) is 6.69. The molecule has 2 nitrogen and oxygen atoms in total. The van der Waals surface area contributed by atoms with E-state index < -0.39 is 0 Å². The number of rotatable bonds is 3. The first-order valence-electron chi connectivity index (χ1n) is 6.69. The molecule has 100 valence electrons. The molecule has 1 aromatic rings. The number of nitrogens with zero attached hydrogens (tertiary/aromatic N) is 1. The molecule has 1 saturated heterocycles. The summed E-state index contributed by atoms with van der Waals surface area (Å²) in [5, 5.41) is 0. The molecule has 0 bridgehead atoms. The quantitative estimate of drug-likeness (QED) is 0.834. The Morgan fingerprint density at radius 1 is 1.22 bits per heavy atom. The molecule has 1 fully saturated rings. The number of halogens is 1. The highest BCUT2D eigenvalue weighted by Gasteiger charge is 2.45. The van der Waals surface area contributed by atoms with E-state index in [2.05, 4.69) is 36.1 Å². The van der Waals surface area contributed by atoms with Gasteiger partial charge in [-0.1, -0.05) is 31.2 Å². The summed E-state index contributed by atoms with van der Waals surface area (Å²) in [6.07, 6.45) is 1.57. The minimum atomic E-state index is 0. The second kappa shape index (κ2) is 5.60. The van der Waals surface area contributed by atoms with Gasteiger partial charge >= 0.3 is 0 Å². The summed E-state index contributed by atoms with van der Waals surface area (Å²) in [5.41, 5.74) is 2.96. The van der Waals surface area contributed by atoms with Gasteiger partial charge in [0.15, 0.2) is 0 Å². The molecule has 3 heteroatoms. The summed E-state index contributed by atoms with van der Waals surface area (Å²) in [7, 11) is 1.85. The van der Waals surface area contributed by atoms with E-state index in [0.29, 0.717) is 17.9 Å². The summed E-state index contributed by atoms with van der Waals surface area (Å²) in [6, 6.07) is 8.83. The Balaban J connectivity index is 0.00000120. The number of likely N-dealkylation sites (tertiary alicyclic amines) is 1. The molecule has 1 heterocycles. The molecule has 0 amide bonds. The van der Waals surface area contributed by atoms with Gasteiger partial charge in [0.2, 0.25) is 0 Å². The Labute approximate surface area is 116 Å². The average molecular weight is 268 g/mol. The van der Waals surface area contributed by atoms with Crippen LogP contribution in [-0.2, 0) is 4.74 Å². The number of hydrogen-bond acceptors (Lipinski definition) is 2. The SMILES string of the molecule is CCCN1CC2c3ccccc3C(OC)C2C1.Cl. The molecular formula is C15H22ClNO. The molecule has 0 radical (unpaired) electrons. The van der Waals surface area contributed by atoms with Crippen LogP contribution >= 0.6 is 12.4 Å². The smallest absolute Gasteiger partial charge is 0.0870 e. The Bertz CT molecular complexity index is 409. The normalized spacial score (nSPS) is 29.8. The van der Waals surface area contributed by atoms with Gasteiger partial charge in [-0.2, -0.15) is 0 Å². The highest BCUT2D eigenvalue weighted by atomic mass is 35.5. The fraction of sp³-hybridized carbons (Fsp3) is 0.600. The van der Waals surface area contributed by atoms with E-state index in [0.717, 1.165) is 0 Å². The van der Waals surface area contributed by atoms with E-state index in [1.165, 1.54) is 37.2 Å². The molecule has 3 unspecified atom stereocenters. The van der Waals surface area contributed by atoms with Gasteiger partial charge in [-0.25, -0.2) is 0 Å². The lowest BCUT2D eigenvalue weighted by Gasteiger charge is -2.20. The Kier molecular flexibility index (Phi) is 4.31. The minimum absolute atomic E-state index is 0. The fourth-order valence-corrected chi connectivity index (χ4v) is 3.69. The number of benzene rings is 1.